The van der Waals surface area contributed by atoms with Crippen LogP contribution in [0.4, 0.5) is 0 Å². The average Bonchev–Trinajstić information content (AvgIpc) is 2.87. The predicted octanol–water partition coefficient (Wildman–Crippen LogP) is 1.57. The van der Waals surface area contributed by atoms with E-state index < -0.39 is 0 Å². The number of ether oxygens (including phenoxy) is 1. The van der Waals surface area contributed by atoms with Crippen molar-refractivity contribution in [3.63, 3.8) is 0 Å². The van der Waals surface area contributed by atoms with Gasteiger partial charge in [-0.25, -0.2) is 4.98 Å². The monoisotopic (exact) mass is 260 g/mol. The van der Waals surface area contributed by atoms with Crippen LogP contribution in [0.5, 0.6) is 5.75 Å². The van der Waals surface area contributed by atoms with Crippen molar-refractivity contribution >= 4 is 0 Å². The van der Waals surface area contributed by atoms with E-state index in [1.807, 2.05) is 29.9 Å². The van der Waals surface area contributed by atoms with E-state index in [1.165, 1.54) is 5.56 Å². The number of benzene rings is 1. The number of nitrogens with two attached hydrogens (primary N) is 1. The lowest BCUT2D eigenvalue weighted by atomic mass is 10.0. The molecule has 2 aromatic rings. The summed E-state index contributed by atoms with van der Waals surface area (Å²) < 4.78 is 7.07. The molecule has 1 unspecified atom stereocenters. The topological polar surface area (TPSA) is 65.1 Å². The zero-order valence-electron chi connectivity index (χ0n) is 11.3. The van der Waals surface area contributed by atoms with Crippen molar-refractivity contribution in [2.75, 3.05) is 7.11 Å². The van der Waals surface area contributed by atoms with Crippen molar-refractivity contribution in [1.29, 1.82) is 0 Å². The molecular formula is C14H20N4O. The molecule has 1 heterocycles. The van der Waals surface area contributed by atoms with Crippen LogP contribution in [-0.4, -0.2) is 16.7 Å². The van der Waals surface area contributed by atoms with E-state index in [0.29, 0.717) is 0 Å². The van der Waals surface area contributed by atoms with E-state index in [9.17, 15) is 0 Å². The number of nitrogens with one attached hydrogen (secondary N) is 1. The Morgan fingerprint density at radius 3 is 2.63 bits per heavy atom. The molecule has 1 aromatic heterocycles. The first-order valence-electron chi connectivity index (χ1n) is 6.30. The third-order valence-corrected chi connectivity index (χ3v) is 3.16. The number of aromatic nitrogens is 2. The van der Waals surface area contributed by atoms with Gasteiger partial charge in [-0.15, -0.1) is 0 Å². The number of hydrogen-bond donors (Lipinski definition) is 2. The van der Waals surface area contributed by atoms with Gasteiger partial charge in [0.1, 0.15) is 5.75 Å². The van der Waals surface area contributed by atoms with Gasteiger partial charge in [-0.05, 0) is 30.5 Å². The minimum Gasteiger partial charge on any atom is -0.497 e. The first-order valence-corrected chi connectivity index (χ1v) is 6.30. The van der Waals surface area contributed by atoms with Crippen LogP contribution in [0.3, 0.4) is 0 Å². The lowest BCUT2D eigenvalue weighted by Crippen LogP contribution is -2.28. The van der Waals surface area contributed by atoms with Gasteiger partial charge in [-0.1, -0.05) is 12.1 Å². The van der Waals surface area contributed by atoms with Crippen LogP contribution < -0.4 is 16.0 Å². The molecule has 0 aliphatic carbocycles. The second kappa shape index (κ2) is 6.36. The molecule has 102 valence electrons. The molecule has 0 bridgehead atoms. The Labute approximate surface area is 113 Å². The second-order valence-corrected chi connectivity index (χ2v) is 4.57. The highest BCUT2D eigenvalue weighted by molar-refractivity contribution is 5.27. The maximum Gasteiger partial charge on any atom is 0.118 e. The van der Waals surface area contributed by atoms with E-state index >= 15 is 0 Å². The molecule has 0 saturated heterocycles. The second-order valence-electron chi connectivity index (χ2n) is 4.57. The Morgan fingerprint density at radius 1 is 1.37 bits per heavy atom. The standard InChI is InChI=1S/C14H20N4O/c1-18-9-14(16-10-18)13(17-15)8-5-11-3-6-12(19-2)7-4-11/h3-4,6-7,9-10,13,17H,5,8,15H2,1-2H3. The van der Waals surface area contributed by atoms with Crippen LogP contribution in [0.2, 0.25) is 0 Å². The summed E-state index contributed by atoms with van der Waals surface area (Å²) in [5.74, 6) is 6.48. The Morgan fingerprint density at radius 2 is 2.11 bits per heavy atom. The molecule has 0 spiro atoms. The van der Waals surface area contributed by atoms with E-state index in [0.717, 1.165) is 24.3 Å². The van der Waals surface area contributed by atoms with Crippen molar-refractivity contribution in [1.82, 2.24) is 15.0 Å². The zero-order valence-corrected chi connectivity index (χ0v) is 11.3. The van der Waals surface area contributed by atoms with Crippen molar-refractivity contribution in [3.8, 4) is 5.75 Å². The minimum atomic E-state index is 0.0725. The summed E-state index contributed by atoms with van der Waals surface area (Å²) in [7, 11) is 3.62. The fourth-order valence-electron chi connectivity index (χ4n) is 2.03. The molecular weight excluding hydrogens is 240 g/mol. The average molecular weight is 260 g/mol. The number of rotatable bonds is 6. The molecule has 1 atom stereocenters. The largest absolute Gasteiger partial charge is 0.497 e. The van der Waals surface area contributed by atoms with Crippen molar-refractivity contribution in [2.45, 2.75) is 18.9 Å². The molecule has 0 fully saturated rings. The van der Waals surface area contributed by atoms with Gasteiger partial charge < -0.3 is 9.30 Å². The van der Waals surface area contributed by atoms with Crippen LogP contribution >= 0.6 is 0 Å². The Bertz CT molecular complexity index is 506. The summed E-state index contributed by atoms with van der Waals surface area (Å²) in [6.07, 6.45) is 5.61. The van der Waals surface area contributed by atoms with Crippen LogP contribution in [0.25, 0.3) is 0 Å². The van der Waals surface area contributed by atoms with Crippen molar-refractivity contribution < 1.29 is 4.74 Å². The highest BCUT2D eigenvalue weighted by Crippen LogP contribution is 2.18. The van der Waals surface area contributed by atoms with Gasteiger partial charge in [0, 0.05) is 13.2 Å². The molecule has 0 radical (unpaired) electrons. The van der Waals surface area contributed by atoms with Gasteiger partial charge >= 0.3 is 0 Å². The van der Waals surface area contributed by atoms with Gasteiger partial charge in [0.25, 0.3) is 0 Å². The molecule has 2 rings (SSSR count). The van der Waals surface area contributed by atoms with Gasteiger partial charge in [-0.2, -0.15) is 0 Å². The van der Waals surface area contributed by atoms with E-state index in [4.69, 9.17) is 10.6 Å². The molecule has 1 aromatic carbocycles. The van der Waals surface area contributed by atoms with Gasteiger partial charge in [0.05, 0.1) is 25.2 Å². The number of imidazole rings is 1. The smallest absolute Gasteiger partial charge is 0.118 e. The lowest BCUT2D eigenvalue weighted by Gasteiger charge is -2.13. The van der Waals surface area contributed by atoms with Gasteiger partial charge in [0.2, 0.25) is 0 Å². The number of nitrogens with zero attached hydrogens (tertiary/aromatic N) is 2. The molecule has 5 nitrogen and oxygen atoms in total. The quantitative estimate of drug-likeness (QED) is 0.611. The van der Waals surface area contributed by atoms with Gasteiger partial charge in [-0.3, -0.25) is 11.3 Å². The molecule has 19 heavy (non-hydrogen) atoms. The van der Waals surface area contributed by atoms with Crippen molar-refractivity contribution in [2.24, 2.45) is 12.9 Å². The maximum atomic E-state index is 5.60. The number of methoxy groups -OCH3 is 1. The Kier molecular flexibility index (Phi) is 4.54. The predicted molar refractivity (Wildman–Crippen MR) is 74.6 cm³/mol. The summed E-state index contributed by atoms with van der Waals surface area (Å²) in [6.45, 7) is 0. The van der Waals surface area contributed by atoms with E-state index in [2.05, 4.69) is 22.5 Å². The maximum absolute atomic E-state index is 5.60. The van der Waals surface area contributed by atoms with Crippen molar-refractivity contribution in [3.05, 3.63) is 48.0 Å². The van der Waals surface area contributed by atoms with Crippen LogP contribution in [0.1, 0.15) is 23.7 Å². The Balaban J connectivity index is 1.95. The summed E-state index contributed by atoms with van der Waals surface area (Å²) in [5, 5.41) is 0. The third kappa shape index (κ3) is 3.56. The SMILES string of the molecule is COc1ccc(CCC(NN)c2cn(C)cn2)cc1. The summed E-state index contributed by atoms with van der Waals surface area (Å²) in [6, 6.07) is 8.17. The molecule has 0 saturated carbocycles. The third-order valence-electron chi connectivity index (χ3n) is 3.16. The fourth-order valence-corrected chi connectivity index (χ4v) is 2.03. The summed E-state index contributed by atoms with van der Waals surface area (Å²) >= 11 is 0. The number of hydrazine groups is 1. The highest BCUT2D eigenvalue weighted by atomic mass is 16.5. The molecule has 3 N–H and O–H groups in total. The van der Waals surface area contributed by atoms with Crippen LogP contribution in [-0.2, 0) is 13.5 Å². The summed E-state index contributed by atoms with van der Waals surface area (Å²) in [4.78, 5) is 4.33. The van der Waals surface area contributed by atoms with E-state index in [1.54, 1.807) is 13.4 Å². The van der Waals surface area contributed by atoms with Gasteiger partial charge in [0.15, 0.2) is 0 Å². The molecule has 0 aliphatic heterocycles. The Hall–Kier alpha value is -1.85. The fraction of sp³-hybridized carbons (Fsp3) is 0.357. The normalized spacial score (nSPS) is 12.4. The summed E-state index contributed by atoms with van der Waals surface area (Å²) in [5.41, 5.74) is 5.06. The lowest BCUT2D eigenvalue weighted by molar-refractivity contribution is 0.414. The van der Waals surface area contributed by atoms with Crippen LogP contribution in [0, 0.1) is 0 Å². The van der Waals surface area contributed by atoms with E-state index in [-0.39, 0.29) is 6.04 Å². The molecule has 5 heteroatoms. The first kappa shape index (κ1) is 13.6. The molecule has 0 amide bonds. The number of hydrogen-bond acceptors (Lipinski definition) is 4. The number of aryl methyl sites for hydroxylation is 2. The highest BCUT2D eigenvalue weighted by Gasteiger charge is 2.12. The first-order chi connectivity index (χ1) is 9.22. The minimum absolute atomic E-state index is 0.0725. The van der Waals surface area contributed by atoms with Crippen LogP contribution in [0.15, 0.2) is 36.8 Å². The molecule has 0 aliphatic rings. The zero-order chi connectivity index (χ0) is 13.7.